The first-order valence-corrected chi connectivity index (χ1v) is 9.39. The van der Waals surface area contributed by atoms with E-state index in [2.05, 4.69) is 16.3 Å². The van der Waals surface area contributed by atoms with Crippen LogP contribution >= 0.6 is 11.3 Å². The van der Waals surface area contributed by atoms with E-state index in [-0.39, 0.29) is 24.4 Å². The summed E-state index contributed by atoms with van der Waals surface area (Å²) < 4.78 is 5.61. The number of hydrogen-bond acceptors (Lipinski definition) is 5. The van der Waals surface area contributed by atoms with Crippen LogP contribution in [0.5, 0.6) is 5.75 Å². The predicted octanol–water partition coefficient (Wildman–Crippen LogP) is 2.28. The number of para-hydroxylation sites is 2. The number of rotatable bonds is 6. The summed E-state index contributed by atoms with van der Waals surface area (Å²) in [7, 11) is 3.97. The third kappa shape index (κ3) is 3.89. The van der Waals surface area contributed by atoms with E-state index in [0.717, 1.165) is 0 Å². The number of nitrogens with zero attached hydrogens (tertiary/aromatic N) is 2. The van der Waals surface area contributed by atoms with Crippen molar-refractivity contribution >= 4 is 28.8 Å². The minimum absolute atomic E-state index is 0.0197. The van der Waals surface area contributed by atoms with Crippen LogP contribution < -0.4 is 15.0 Å². The van der Waals surface area contributed by atoms with E-state index in [1.807, 2.05) is 43.7 Å². The fourth-order valence-corrected chi connectivity index (χ4v) is 3.87. The summed E-state index contributed by atoms with van der Waals surface area (Å²) >= 11 is 1.66. The third-order valence-electron chi connectivity index (χ3n) is 4.36. The van der Waals surface area contributed by atoms with Gasteiger partial charge in [0.15, 0.2) is 6.10 Å². The first-order valence-electron chi connectivity index (χ1n) is 8.51. The number of likely N-dealkylation sites (N-methyl/N-ethyl adjacent to an activating group) is 1. The van der Waals surface area contributed by atoms with Crippen LogP contribution in [0.1, 0.15) is 17.8 Å². The average Bonchev–Trinajstić information content (AvgIpc) is 3.13. The van der Waals surface area contributed by atoms with Gasteiger partial charge in [-0.1, -0.05) is 18.2 Å². The Morgan fingerprint density at radius 2 is 2.08 bits per heavy atom. The van der Waals surface area contributed by atoms with E-state index < -0.39 is 6.10 Å². The van der Waals surface area contributed by atoms with Gasteiger partial charge in [0.25, 0.3) is 5.91 Å². The van der Waals surface area contributed by atoms with Gasteiger partial charge in [-0.15, -0.1) is 11.3 Å². The summed E-state index contributed by atoms with van der Waals surface area (Å²) in [5, 5.41) is 4.98. The van der Waals surface area contributed by atoms with Crippen LogP contribution in [0.3, 0.4) is 0 Å². The summed E-state index contributed by atoms with van der Waals surface area (Å²) in [6.07, 6.45) is -0.599. The lowest BCUT2D eigenvalue weighted by Gasteiger charge is -2.32. The Labute approximate surface area is 157 Å². The maximum Gasteiger partial charge on any atom is 0.268 e. The molecule has 26 heavy (non-hydrogen) atoms. The Morgan fingerprint density at radius 1 is 1.31 bits per heavy atom. The lowest BCUT2D eigenvalue weighted by atomic mass is 10.2. The van der Waals surface area contributed by atoms with Crippen LogP contribution in [0.4, 0.5) is 5.69 Å². The fraction of sp³-hybridized carbons (Fsp3) is 0.368. The lowest BCUT2D eigenvalue weighted by Crippen LogP contribution is -2.49. The molecule has 0 saturated carbocycles. The number of fused-ring (bicyclic) bond motifs is 1. The monoisotopic (exact) mass is 373 g/mol. The summed E-state index contributed by atoms with van der Waals surface area (Å²) in [6.45, 7) is 2.16. The van der Waals surface area contributed by atoms with Gasteiger partial charge in [0.05, 0.1) is 11.7 Å². The molecule has 0 saturated heterocycles. The zero-order chi connectivity index (χ0) is 18.7. The van der Waals surface area contributed by atoms with Gasteiger partial charge in [0.2, 0.25) is 5.91 Å². The van der Waals surface area contributed by atoms with Crippen molar-refractivity contribution < 1.29 is 14.3 Å². The minimum Gasteiger partial charge on any atom is -0.479 e. The zero-order valence-corrected chi connectivity index (χ0v) is 16.0. The second-order valence-electron chi connectivity index (χ2n) is 6.45. The number of nitrogens with one attached hydrogen (secondary N) is 1. The molecule has 0 spiro atoms. The van der Waals surface area contributed by atoms with Crippen molar-refractivity contribution in [1.82, 2.24) is 10.2 Å². The largest absolute Gasteiger partial charge is 0.479 e. The second kappa shape index (κ2) is 7.88. The van der Waals surface area contributed by atoms with Gasteiger partial charge >= 0.3 is 0 Å². The molecule has 2 atom stereocenters. The van der Waals surface area contributed by atoms with Crippen LogP contribution in [0.25, 0.3) is 0 Å². The van der Waals surface area contributed by atoms with Gasteiger partial charge in [-0.2, -0.15) is 0 Å². The zero-order valence-electron chi connectivity index (χ0n) is 15.1. The highest BCUT2D eigenvalue weighted by Crippen LogP contribution is 2.33. The molecule has 0 fully saturated rings. The van der Waals surface area contributed by atoms with Gasteiger partial charge in [0, 0.05) is 11.4 Å². The molecule has 3 rings (SSSR count). The van der Waals surface area contributed by atoms with E-state index in [1.165, 1.54) is 9.78 Å². The summed E-state index contributed by atoms with van der Waals surface area (Å²) in [5.74, 6) is 0.226. The van der Waals surface area contributed by atoms with Crippen LogP contribution in [0, 0.1) is 0 Å². The molecule has 1 aliphatic heterocycles. The van der Waals surface area contributed by atoms with Crippen LogP contribution in [-0.4, -0.2) is 50.0 Å². The van der Waals surface area contributed by atoms with E-state index in [0.29, 0.717) is 18.0 Å². The number of ether oxygens (including phenoxy) is 1. The Kier molecular flexibility index (Phi) is 5.58. The molecular weight excluding hydrogens is 350 g/mol. The second-order valence-corrected chi connectivity index (χ2v) is 7.43. The summed E-state index contributed by atoms with van der Waals surface area (Å²) in [6, 6.07) is 11.4. The third-order valence-corrected chi connectivity index (χ3v) is 5.34. The standard InChI is InChI=1S/C19H23N3O3S/c1-13-19(24)22(14-7-4-5-8-16(14)25-13)12-18(23)20-11-15(21(2)3)17-9-6-10-26-17/h4-10,13,15H,11-12H2,1-3H3,(H,20,23). The maximum atomic E-state index is 12.5. The topological polar surface area (TPSA) is 61.9 Å². The Balaban J connectivity index is 1.67. The summed E-state index contributed by atoms with van der Waals surface area (Å²) in [4.78, 5) is 29.7. The number of carbonyl (C=O) groups is 2. The molecule has 2 unspecified atom stereocenters. The Morgan fingerprint density at radius 3 is 2.77 bits per heavy atom. The molecule has 0 bridgehead atoms. The predicted molar refractivity (Wildman–Crippen MR) is 103 cm³/mol. The van der Waals surface area contributed by atoms with E-state index in [4.69, 9.17) is 4.74 Å². The van der Waals surface area contributed by atoms with Gasteiger partial charge in [-0.25, -0.2) is 0 Å². The number of amides is 2. The van der Waals surface area contributed by atoms with Crippen molar-refractivity contribution in [2.45, 2.75) is 19.1 Å². The van der Waals surface area contributed by atoms with Crippen molar-refractivity contribution in [2.75, 3.05) is 32.1 Å². The molecular formula is C19H23N3O3S. The Hall–Kier alpha value is -2.38. The van der Waals surface area contributed by atoms with Crippen LogP contribution in [-0.2, 0) is 9.59 Å². The molecule has 1 aromatic heterocycles. The van der Waals surface area contributed by atoms with E-state index >= 15 is 0 Å². The molecule has 1 aliphatic rings. The van der Waals surface area contributed by atoms with Gasteiger partial charge in [0.1, 0.15) is 12.3 Å². The Bertz CT molecular complexity index is 776. The number of thiophene rings is 1. The quantitative estimate of drug-likeness (QED) is 0.844. The average molecular weight is 373 g/mol. The fourth-order valence-electron chi connectivity index (χ4n) is 2.95. The highest BCUT2D eigenvalue weighted by atomic mass is 32.1. The van der Waals surface area contributed by atoms with Gasteiger partial charge in [-0.3, -0.25) is 14.5 Å². The lowest BCUT2D eigenvalue weighted by molar-refractivity contribution is -0.128. The molecule has 2 heterocycles. The van der Waals surface area contributed by atoms with Crippen molar-refractivity contribution in [2.24, 2.45) is 0 Å². The molecule has 7 heteroatoms. The van der Waals surface area contributed by atoms with Crippen LogP contribution in [0.2, 0.25) is 0 Å². The first kappa shape index (κ1) is 18.4. The molecule has 0 aliphatic carbocycles. The highest BCUT2D eigenvalue weighted by molar-refractivity contribution is 7.10. The normalized spacial score (nSPS) is 17.6. The molecule has 0 radical (unpaired) electrons. The van der Waals surface area contributed by atoms with Crippen LogP contribution in [0.15, 0.2) is 41.8 Å². The number of hydrogen-bond donors (Lipinski definition) is 1. The molecule has 6 nitrogen and oxygen atoms in total. The van der Waals surface area contributed by atoms with Crippen molar-refractivity contribution in [3.8, 4) is 5.75 Å². The van der Waals surface area contributed by atoms with Crippen molar-refractivity contribution in [3.63, 3.8) is 0 Å². The number of anilines is 1. The smallest absolute Gasteiger partial charge is 0.268 e. The molecule has 138 valence electrons. The SMILES string of the molecule is CC1Oc2ccccc2N(CC(=O)NCC(c2cccs2)N(C)C)C1=O. The molecule has 1 aromatic carbocycles. The van der Waals surface area contributed by atoms with Crippen molar-refractivity contribution in [1.29, 1.82) is 0 Å². The minimum atomic E-state index is -0.599. The van der Waals surface area contributed by atoms with Gasteiger partial charge < -0.3 is 15.0 Å². The number of carbonyl (C=O) groups excluding carboxylic acids is 2. The first-order chi connectivity index (χ1) is 12.5. The van der Waals surface area contributed by atoms with Gasteiger partial charge in [-0.05, 0) is 44.6 Å². The van der Waals surface area contributed by atoms with E-state index in [9.17, 15) is 9.59 Å². The van der Waals surface area contributed by atoms with Crippen molar-refractivity contribution in [3.05, 3.63) is 46.7 Å². The maximum absolute atomic E-state index is 12.5. The molecule has 2 aromatic rings. The highest BCUT2D eigenvalue weighted by Gasteiger charge is 2.32. The van der Waals surface area contributed by atoms with E-state index in [1.54, 1.807) is 24.3 Å². The number of benzene rings is 1. The molecule has 1 N–H and O–H groups in total. The molecule has 2 amide bonds. The summed E-state index contributed by atoms with van der Waals surface area (Å²) in [5.41, 5.74) is 0.633.